The number of aromatic nitrogens is 4. The van der Waals surface area contributed by atoms with E-state index in [2.05, 4.69) is 40.8 Å². The highest BCUT2D eigenvalue weighted by atomic mass is 19.1. The molecule has 0 spiro atoms. The molecule has 1 fully saturated rings. The Morgan fingerprint density at radius 3 is 2.66 bits per heavy atom. The Morgan fingerprint density at radius 1 is 1.19 bits per heavy atom. The van der Waals surface area contributed by atoms with Crippen molar-refractivity contribution in [2.75, 3.05) is 35.2 Å². The maximum Gasteiger partial charge on any atom is 0.227 e. The molecule has 9 nitrogen and oxygen atoms in total. The van der Waals surface area contributed by atoms with Crippen molar-refractivity contribution in [3.8, 4) is 0 Å². The standard InChI is InChI=1S/C22H25FN8O/c1-14(17-3-5-18(23)6-4-17)27-22-29-19(28-20-11-24-7-8-25-20)9-21(30-22)31-12-16(13-31)10-26-15(2)32/h3-9,11,14,16H,10,12-13H2,1-2H3,(H,26,32)(H2,25,27,28,29,30). The zero-order chi connectivity index (χ0) is 22.5. The highest BCUT2D eigenvalue weighted by molar-refractivity contribution is 5.72. The van der Waals surface area contributed by atoms with Crippen LogP contribution in [0.5, 0.6) is 0 Å². The Morgan fingerprint density at radius 2 is 1.97 bits per heavy atom. The monoisotopic (exact) mass is 436 g/mol. The fraction of sp³-hybridized carbons (Fsp3) is 0.318. The van der Waals surface area contributed by atoms with E-state index >= 15 is 0 Å². The van der Waals surface area contributed by atoms with Crippen LogP contribution < -0.4 is 20.9 Å². The van der Waals surface area contributed by atoms with Crippen molar-refractivity contribution < 1.29 is 9.18 Å². The summed E-state index contributed by atoms with van der Waals surface area (Å²) in [7, 11) is 0. The Bertz CT molecular complexity index is 1060. The molecule has 0 radical (unpaired) electrons. The van der Waals surface area contributed by atoms with Gasteiger partial charge in [-0.3, -0.25) is 9.78 Å². The van der Waals surface area contributed by atoms with E-state index in [1.54, 1.807) is 30.7 Å². The zero-order valence-electron chi connectivity index (χ0n) is 17.9. The van der Waals surface area contributed by atoms with Gasteiger partial charge < -0.3 is 20.9 Å². The van der Waals surface area contributed by atoms with Gasteiger partial charge in [0.2, 0.25) is 11.9 Å². The van der Waals surface area contributed by atoms with Crippen LogP contribution in [0.2, 0.25) is 0 Å². The number of nitrogens with zero attached hydrogens (tertiary/aromatic N) is 5. The lowest BCUT2D eigenvalue weighted by molar-refractivity contribution is -0.119. The van der Waals surface area contributed by atoms with Gasteiger partial charge in [-0.25, -0.2) is 9.37 Å². The molecule has 0 saturated carbocycles. The zero-order valence-corrected chi connectivity index (χ0v) is 17.9. The lowest BCUT2D eigenvalue weighted by Gasteiger charge is -2.40. The van der Waals surface area contributed by atoms with Crippen molar-refractivity contribution in [1.82, 2.24) is 25.3 Å². The first-order valence-corrected chi connectivity index (χ1v) is 10.4. The number of nitrogens with one attached hydrogen (secondary N) is 3. The van der Waals surface area contributed by atoms with Gasteiger partial charge in [-0.05, 0) is 24.6 Å². The van der Waals surface area contributed by atoms with Gasteiger partial charge in [-0.2, -0.15) is 9.97 Å². The maximum atomic E-state index is 13.3. The van der Waals surface area contributed by atoms with Crippen molar-refractivity contribution in [3.05, 3.63) is 60.3 Å². The molecule has 3 heterocycles. The summed E-state index contributed by atoms with van der Waals surface area (Å²) < 4.78 is 13.3. The maximum absolute atomic E-state index is 13.3. The van der Waals surface area contributed by atoms with Crippen molar-refractivity contribution in [2.45, 2.75) is 19.9 Å². The second-order valence-corrected chi connectivity index (χ2v) is 7.78. The van der Waals surface area contributed by atoms with Gasteiger partial charge in [0, 0.05) is 50.9 Å². The van der Waals surface area contributed by atoms with Gasteiger partial charge in [0.25, 0.3) is 0 Å². The van der Waals surface area contributed by atoms with E-state index in [0.717, 1.165) is 24.5 Å². The molecule has 2 aromatic heterocycles. The molecule has 1 aliphatic heterocycles. The summed E-state index contributed by atoms with van der Waals surface area (Å²) in [5.74, 6) is 2.43. The quantitative estimate of drug-likeness (QED) is 0.495. The van der Waals surface area contributed by atoms with Crippen LogP contribution in [0.1, 0.15) is 25.5 Å². The van der Waals surface area contributed by atoms with Gasteiger partial charge in [-0.15, -0.1) is 0 Å². The molecular formula is C22H25FN8O. The molecule has 1 atom stereocenters. The van der Waals surface area contributed by atoms with Gasteiger partial charge in [0.1, 0.15) is 23.3 Å². The van der Waals surface area contributed by atoms with Gasteiger partial charge in [0.15, 0.2) is 0 Å². The minimum absolute atomic E-state index is 0.0257. The van der Waals surface area contributed by atoms with E-state index in [-0.39, 0.29) is 17.8 Å². The summed E-state index contributed by atoms with van der Waals surface area (Å²) in [6, 6.07) is 8.06. The molecule has 3 aromatic rings. The predicted octanol–water partition coefficient (Wildman–Crippen LogP) is 2.89. The molecule has 0 bridgehead atoms. The molecule has 0 aliphatic carbocycles. The third-order valence-electron chi connectivity index (χ3n) is 5.17. The van der Waals surface area contributed by atoms with Crippen molar-refractivity contribution in [3.63, 3.8) is 0 Å². The minimum atomic E-state index is -0.277. The van der Waals surface area contributed by atoms with Crippen LogP contribution in [-0.2, 0) is 4.79 Å². The van der Waals surface area contributed by atoms with Crippen LogP contribution >= 0.6 is 0 Å². The van der Waals surface area contributed by atoms with Gasteiger partial charge in [0.05, 0.1) is 12.2 Å². The van der Waals surface area contributed by atoms with Crippen LogP contribution in [0.15, 0.2) is 48.9 Å². The summed E-state index contributed by atoms with van der Waals surface area (Å²) >= 11 is 0. The first-order chi connectivity index (χ1) is 15.5. The van der Waals surface area contributed by atoms with Crippen LogP contribution in [0.25, 0.3) is 0 Å². The van der Waals surface area contributed by atoms with Crippen molar-refractivity contribution >= 4 is 29.3 Å². The summed E-state index contributed by atoms with van der Waals surface area (Å²) in [6.07, 6.45) is 4.81. The van der Waals surface area contributed by atoms with E-state index in [1.165, 1.54) is 19.1 Å². The third kappa shape index (κ3) is 5.45. The summed E-state index contributed by atoms with van der Waals surface area (Å²) in [5, 5.41) is 9.31. The number of hydrogen-bond acceptors (Lipinski definition) is 8. The number of carbonyl (C=O) groups is 1. The Kier molecular flexibility index (Phi) is 6.39. The van der Waals surface area contributed by atoms with E-state index in [1.807, 2.05) is 13.0 Å². The molecule has 1 aromatic carbocycles. The van der Waals surface area contributed by atoms with Crippen molar-refractivity contribution in [2.24, 2.45) is 5.92 Å². The SMILES string of the molecule is CC(=O)NCC1CN(c2cc(Nc3cnccn3)nc(NC(C)c3ccc(F)cc3)n2)C1. The average molecular weight is 436 g/mol. The molecule has 4 rings (SSSR count). The average Bonchev–Trinajstić information content (AvgIpc) is 2.73. The largest absolute Gasteiger partial charge is 0.356 e. The first kappa shape index (κ1) is 21.4. The first-order valence-electron chi connectivity index (χ1n) is 10.4. The van der Waals surface area contributed by atoms with Crippen LogP contribution in [0.4, 0.5) is 27.8 Å². The third-order valence-corrected chi connectivity index (χ3v) is 5.17. The Balaban J connectivity index is 1.52. The lowest BCUT2D eigenvalue weighted by Crippen LogP contribution is -2.51. The van der Waals surface area contributed by atoms with E-state index in [4.69, 9.17) is 0 Å². The summed E-state index contributed by atoms with van der Waals surface area (Å²) in [5.41, 5.74) is 0.920. The number of hydrogen-bond donors (Lipinski definition) is 3. The number of rotatable bonds is 8. The number of benzene rings is 1. The fourth-order valence-electron chi connectivity index (χ4n) is 3.42. The number of anilines is 4. The fourth-order valence-corrected chi connectivity index (χ4v) is 3.42. The van der Waals surface area contributed by atoms with Gasteiger partial charge in [-0.1, -0.05) is 12.1 Å². The number of halogens is 1. The molecule has 32 heavy (non-hydrogen) atoms. The molecule has 3 N–H and O–H groups in total. The molecule has 1 amide bonds. The van der Waals surface area contributed by atoms with Gasteiger partial charge >= 0.3 is 0 Å². The lowest BCUT2D eigenvalue weighted by atomic mass is 10.0. The highest BCUT2D eigenvalue weighted by Gasteiger charge is 2.28. The number of amides is 1. The normalized spacial score (nSPS) is 14.4. The molecule has 1 saturated heterocycles. The van der Waals surface area contributed by atoms with E-state index in [0.29, 0.717) is 30.0 Å². The molecule has 10 heteroatoms. The second kappa shape index (κ2) is 9.54. The topological polar surface area (TPSA) is 108 Å². The Labute approximate surface area is 185 Å². The molecule has 166 valence electrons. The molecule has 1 unspecified atom stereocenters. The van der Waals surface area contributed by atoms with Crippen LogP contribution in [0, 0.1) is 11.7 Å². The second-order valence-electron chi connectivity index (χ2n) is 7.78. The molecular weight excluding hydrogens is 411 g/mol. The molecule has 1 aliphatic rings. The number of carbonyl (C=O) groups excluding carboxylic acids is 1. The van der Waals surface area contributed by atoms with Crippen molar-refractivity contribution in [1.29, 1.82) is 0 Å². The predicted molar refractivity (Wildman–Crippen MR) is 120 cm³/mol. The van der Waals surface area contributed by atoms with Crippen LogP contribution in [0.3, 0.4) is 0 Å². The minimum Gasteiger partial charge on any atom is -0.356 e. The van der Waals surface area contributed by atoms with Crippen LogP contribution in [-0.4, -0.2) is 45.5 Å². The van der Waals surface area contributed by atoms with E-state index in [9.17, 15) is 9.18 Å². The summed E-state index contributed by atoms with van der Waals surface area (Å²) in [4.78, 5) is 30.8. The summed E-state index contributed by atoms with van der Waals surface area (Å²) in [6.45, 7) is 5.70. The smallest absolute Gasteiger partial charge is 0.227 e. The van der Waals surface area contributed by atoms with E-state index < -0.39 is 0 Å². The highest BCUT2D eigenvalue weighted by Crippen LogP contribution is 2.28. The Hall–Kier alpha value is -3.82.